The molecule has 2 aliphatic carbocycles. The summed E-state index contributed by atoms with van der Waals surface area (Å²) >= 11 is 6.33. The van der Waals surface area contributed by atoms with Crippen LogP contribution in [-0.4, -0.2) is 43.9 Å². The van der Waals surface area contributed by atoms with Crippen molar-refractivity contribution in [3.63, 3.8) is 0 Å². The predicted octanol–water partition coefficient (Wildman–Crippen LogP) is 7.05. The quantitative estimate of drug-likeness (QED) is 0.337. The number of benzene rings is 2. The van der Waals surface area contributed by atoms with Gasteiger partial charge in [0.15, 0.2) is 0 Å². The topological polar surface area (TPSA) is 95.9 Å². The summed E-state index contributed by atoms with van der Waals surface area (Å²) in [5.74, 6) is 0.813. The van der Waals surface area contributed by atoms with Crippen molar-refractivity contribution in [2.24, 2.45) is 23.2 Å². The first kappa shape index (κ1) is 32.4. The second-order valence-electron chi connectivity index (χ2n) is 14.4. The fourth-order valence-corrected chi connectivity index (χ4v) is 9.75. The molecule has 2 aliphatic heterocycles. The van der Waals surface area contributed by atoms with Gasteiger partial charge in [-0.05, 0) is 110 Å². The SMILES string of the molecule is CC1(C)C/C=C/[C@H](O)[C@@H]2CC[C@H]2CN2CCCCc3cc(Cl)ccc3COc3ccc(cc32)C(=O)NS(=O)(=O)[C@H]1CC1CCC1. The summed E-state index contributed by atoms with van der Waals surface area (Å²) in [7, 11) is -4.00. The van der Waals surface area contributed by atoms with Gasteiger partial charge in [-0.15, -0.1) is 0 Å². The van der Waals surface area contributed by atoms with Crippen LogP contribution in [0.15, 0.2) is 48.6 Å². The Labute approximate surface area is 273 Å². The molecule has 7 nitrogen and oxygen atoms in total. The number of anilines is 1. The van der Waals surface area contributed by atoms with E-state index in [0.717, 1.165) is 75.7 Å². The summed E-state index contributed by atoms with van der Waals surface area (Å²) in [5, 5.41) is 11.2. The lowest BCUT2D eigenvalue weighted by molar-refractivity contribution is 0.0460. The molecule has 9 heteroatoms. The van der Waals surface area contributed by atoms with Gasteiger partial charge in [0.05, 0.1) is 17.0 Å². The average molecular weight is 655 g/mol. The molecule has 2 saturated carbocycles. The van der Waals surface area contributed by atoms with E-state index in [2.05, 4.69) is 9.62 Å². The van der Waals surface area contributed by atoms with Gasteiger partial charge in [0.25, 0.3) is 5.91 Å². The summed E-state index contributed by atoms with van der Waals surface area (Å²) in [6, 6.07) is 11.2. The molecule has 2 aromatic carbocycles. The number of nitrogens with one attached hydrogen (secondary N) is 1. The molecule has 0 radical (unpaired) electrons. The van der Waals surface area contributed by atoms with E-state index in [-0.39, 0.29) is 5.92 Å². The molecular weight excluding hydrogens is 608 g/mol. The number of nitrogens with zero attached hydrogens (tertiary/aromatic N) is 1. The highest BCUT2D eigenvalue weighted by Crippen LogP contribution is 2.43. The minimum atomic E-state index is -4.00. The normalized spacial score (nSPS) is 29.3. The molecule has 4 atom stereocenters. The Kier molecular flexibility index (Phi) is 9.56. The first-order chi connectivity index (χ1) is 21.5. The Morgan fingerprint density at radius 2 is 1.87 bits per heavy atom. The number of ether oxygens (including phenoxy) is 1. The summed E-state index contributed by atoms with van der Waals surface area (Å²) < 4.78 is 36.9. The molecule has 45 heavy (non-hydrogen) atoms. The number of carbonyl (C=O) groups excluding carboxylic acids is 1. The third-order valence-electron chi connectivity index (χ3n) is 10.8. The van der Waals surface area contributed by atoms with Gasteiger partial charge in [0.1, 0.15) is 12.4 Å². The number of sulfonamides is 1. The van der Waals surface area contributed by atoms with Gasteiger partial charge in [-0.3, -0.25) is 4.79 Å². The molecule has 2 heterocycles. The number of hydrogen-bond acceptors (Lipinski definition) is 6. The van der Waals surface area contributed by atoms with Crippen LogP contribution in [0.4, 0.5) is 5.69 Å². The Hall–Kier alpha value is -2.55. The fourth-order valence-electron chi connectivity index (χ4n) is 7.58. The van der Waals surface area contributed by atoms with Gasteiger partial charge in [0.2, 0.25) is 10.0 Å². The van der Waals surface area contributed by atoms with Crippen LogP contribution in [0.1, 0.15) is 93.1 Å². The highest BCUT2D eigenvalue weighted by molar-refractivity contribution is 7.90. The highest BCUT2D eigenvalue weighted by Gasteiger charge is 2.43. The molecule has 0 aromatic heterocycles. The van der Waals surface area contributed by atoms with E-state index >= 15 is 0 Å². The van der Waals surface area contributed by atoms with Gasteiger partial charge < -0.3 is 14.7 Å². The van der Waals surface area contributed by atoms with Crippen LogP contribution in [0.25, 0.3) is 0 Å². The zero-order chi connectivity index (χ0) is 31.8. The van der Waals surface area contributed by atoms with Crippen LogP contribution in [0.2, 0.25) is 5.02 Å². The van der Waals surface area contributed by atoms with Gasteiger partial charge >= 0.3 is 0 Å². The first-order valence-electron chi connectivity index (χ1n) is 16.7. The van der Waals surface area contributed by atoms with Crippen LogP contribution in [0.3, 0.4) is 0 Å². The molecule has 2 N–H and O–H groups in total. The number of aryl methyl sites for hydroxylation is 1. The van der Waals surface area contributed by atoms with E-state index in [0.29, 0.717) is 47.6 Å². The molecule has 0 spiro atoms. The molecular formula is C36H47ClN2O5S. The number of carbonyl (C=O) groups is 1. The molecule has 2 fully saturated rings. The number of halogens is 1. The maximum atomic E-state index is 14.0. The summed E-state index contributed by atoms with van der Waals surface area (Å²) in [5.41, 5.74) is 2.71. The number of aliphatic hydroxyl groups excluding tert-OH is 1. The van der Waals surface area contributed by atoms with Crippen molar-refractivity contribution in [2.45, 2.75) is 96.0 Å². The van der Waals surface area contributed by atoms with Crippen molar-refractivity contribution in [2.75, 3.05) is 18.0 Å². The number of hydrogen-bond donors (Lipinski definition) is 2. The van der Waals surface area contributed by atoms with Crippen molar-refractivity contribution in [3.8, 4) is 5.75 Å². The van der Waals surface area contributed by atoms with Gasteiger partial charge in [0, 0.05) is 23.7 Å². The van der Waals surface area contributed by atoms with Crippen LogP contribution < -0.4 is 14.4 Å². The number of rotatable bonds is 2. The Morgan fingerprint density at radius 1 is 1.04 bits per heavy atom. The van der Waals surface area contributed by atoms with E-state index in [1.54, 1.807) is 18.2 Å². The monoisotopic (exact) mass is 654 g/mol. The van der Waals surface area contributed by atoms with Gasteiger partial charge in [-0.2, -0.15) is 0 Å². The van der Waals surface area contributed by atoms with Crippen LogP contribution >= 0.6 is 11.6 Å². The Balaban J connectivity index is 1.38. The average Bonchev–Trinajstić information content (AvgIpc) is 2.96. The van der Waals surface area contributed by atoms with Crippen molar-refractivity contribution in [3.05, 3.63) is 70.3 Å². The smallest absolute Gasteiger partial charge is 0.264 e. The Morgan fingerprint density at radius 3 is 2.60 bits per heavy atom. The molecule has 4 aliphatic rings. The third kappa shape index (κ3) is 7.23. The summed E-state index contributed by atoms with van der Waals surface area (Å²) in [4.78, 5) is 16.0. The van der Waals surface area contributed by atoms with Crippen molar-refractivity contribution in [1.82, 2.24) is 4.72 Å². The van der Waals surface area contributed by atoms with E-state index in [9.17, 15) is 18.3 Å². The first-order valence-corrected chi connectivity index (χ1v) is 18.6. The van der Waals surface area contributed by atoms with E-state index in [1.807, 2.05) is 44.2 Å². The minimum Gasteiger partial charge on any atom is -0.487 e. The van der Waals surface area contributed by atoms with Crippen LogP contribution in [0.5, 0.6) is 5.75 Å². The van der Waals surface area contributed by atoms with Gasteiger partial charge in [-0.25, -0.2) is 13.1 Å². The maximum absolute atomic E-state index is 14.0. The Bertz CT molecular complexity index is 1540. The predicted molar refractivity (Wildman–Crippen MR) is 179 cm³/mol. The van der Waals surface area contributed by atoms with E-state index < -0.39 is 32.7 Å². The van der Waals surface area contributed by atoms with Crippen molar-refractivity contribution >= 4 is 33.2 Å². The van der Waals surface area contributed by atoms with Gasteiger partial charge in [-0.1, -0.05) is 62.9 Å². The highest BCUT2D eigenvalue weighted by atomic mass is 35.5. The molecule has 0 unspecified atom stereocenters. The second kappa shape index (κ2) is 13.3. The molecule has 2 aromatic rings. The van der Waals surface area contributed by atoms with Crippen LogP contribution in [-0.2, 0) is 23.1 Å². The zero-order valence-corrected chi connectivity index (χ0v) is 28.1. The maximum Gasteiger partial charge on any atom is 0.264 e. The van der Waals surface area contributed by atoms with E-state index in [4.69, 9.17) is 16.3 Å². The lowest BCUT2D eigenvalue weighted by Gasteiger charge is -2.43. The lowest BCUT2D eigenvalue weighted by atomic mass is 9.70. The van der Waals surface area contributed by atoms with Crippen molar-refractivity contribution < 1.29 is 23.1 Å². The molecule has 6 rings (SSSR count). The van der Waals surface area contributed by atoms with Crippen LogP contribution in [0, 0.1) is 23.2 Å². The fraction of sp³-hybridized carbons (Fsp3) is 0.583. The standard InChI is InChI=1S/C36H47ClN2O5S/c1-36(2)17-6-10-32(40)30-15-12-27(30)22-39-18-4-3-9-25-20-29(37)14-11-28(25)23-44-33-16-13-26(21-31(33)39)35(41)38-45(42,43)34(36)19-24-7-5-8-24/h6,10-11,13-14,16,20-21,24,27,30,32,34,40H,3-5,7-9,12,15,17-19,22-23H2,1-2H3,(H,38,41)/b10-6+/t27-,30+,32-,34-/m0/s1. The zero-order valence-electron chi connectivity index (χ0n) is 26.5. The minimum absolute atomic E-state index is 0.132. The third-order valence-corrected chi connectivity index (χ3v) is 13.1. The molecule has 0 saturated heterocycles. The van der Waals surface area contributed by atoms with Crippen molar-refractivity contribution in [1.29, 1.82) is 0 Å². The number of fused-ring (bicyclic) bond motifs is 3. The second-order valence-corrected chi connectivity index (χ2v) is 16.7. The molecule has 244 valence electrons. The number of allylic oxidation sites excluding steroid dienone is 1. The van der Waals surface area contributed by atoms with E-state index in [1.165, 1.54) is 5.56 Å². The lowest BCUT2D eigenvalue weighted by Crippen LogP contribution is -2.47. The number of amides is 1. The number of aliphatic hydroxyl groups is 1. The largest absolute Gasteiger partial charge is 0.487 e. The molecule has 1 amide bonds. The molecule has 2 bridgehead atoms. The summed E-state index contributed by atoms with van der Waals surface area (Å²) in [6.45, 7) is 5.77. The summed E-state index contributed by atoms with van der Waals surface area (Å²) in [6.07, 6.45) is 12.2.